The first kappa shape index (κ1) is 6.43. The quantitative estimate of drug-likeness (QED) is 0.578. The van der Waals surface area contributed by atoms with Crippen molar-refractivity contribution in [2.45, 2.75) is 12.8 Å². The van der Waals surface area contributed by atoms with E-state index in [0.29, 0.717) is 6.61 Å². The molecule has 0 heterocycles. The normalized spacial score (nSPS) is 19.1. The van der Waals surface area contributed by atoms with Gasteiger partial charge in [-0.3, -0.25) is 0 Å². The second-order valence-electron chi connectivity index (χ2n) is 2.24. The highest BCUT2D eigenvalue weighted by molar-refractivity contribution is 7.99. The molecule has 1 saturated carbocycles. The van der Waals surface area contributed by atoms with E-state index < -0.39 is 0 Å². The van der Waals surface area contributed by atoms with Gasteiger partial charge in [0, 0.05) is 5.75 Å². The second-order valence-corrected chi connectivity index (χ2v) is 3.39. The van der Waals surface area contributed by atoms with Gasteiger partial charge in [-0.05, 0) is 24.5 Å². The molecule has 0 aromatic rings. The SMILES string of the molecule is OCCSCC1CC1. The molecule has 1 aliphatic carbocycles. The predicted molar refractivity (Wildman–Crippen MR) is 37.1 cm³/mol. The summed E-state index contributed by atoms with van der Waals surface area (Å²) in [5.74, 6) is 3.21. The summed E-state index contributed by atoms with van der Waals surface area (Å²) in [6, 6.07) is 0. The molecule has 8 heavy (non-hydrogen) atoms. The molecular weight excluding hydrogens is 120 g/mol. The maximum absolute atomic E-state index is 8.38. The van der Waals surface area contributed by atoms with Crippen LogP contribution < -0.4 is 0 Å². The Morgan fingerprint density at radius 3 is 2.75 bits per heavy atom. The van der Waals surface area contributed by atoms with E-state index in [0.717, 1.165) is 11.7 Å². The summed E-state index contributed by atoms with van der Waals surface area (Å²) in [4.78, 5) is 0. The van der Waals surface area contributed by atoms with Crippen LogP contribution in [0.15, 0.2) is 0 Å². The second kappa shape index (κ2) is 3.36. The van der Waals surface area contributed by atoms with E-state index in [-0.39, 0.29) is 0 Å². The fourth-order valence-electron chi connectivity index (χ4n) is 0.599. The van der Waals surface area contributed by atoms with Crippen molar-refractivity contribution in [3.05, 3.63) is 0 Å². The molecule has 48 valence electrons. The Hall–Kier alpha value is 0.310. The smallest absolute Gasteiger partial charge is 0.0521 e. The van der Waals surface area contributed by atoms with Gasteiger partial charge in [-0.1, -0.05) is 0 Å². The van der Waals surface area contributed by atoms with Gasteiger partial charge < -0.3 is 5.11 Å². The first-order valence-corrected chi connectivity index (χ1v) is 4.27. The van der Waals surface area contributed by atoms with Crippen LogP contribution in [0.25, 0.3) is 0 Å². The molecule has 1 N–H and O–H groups in total. The van der Waals surface area contributed by atoms with Gasteiger partial charge in [0.1, 0.15) is 0 Å². The molecule has 1 aliphatic rings. The van der Waals surface area contributed by atoms with Gasteiger partial charge in [0.15, 0.2) is 0 Å². The minimum Gasteiger partial charge on any atom is -0.396 e. The number of aliphatic hydroxyl groups is 1. The number of thioether (sulfide) groups is 1. The van der Waals surface area contributed by atoms with Crippen molar-refractivity contribution in [3.8, 4) is 0 Å². The Morgan fingerprint density at radius 2 is 2.25 bits per heavy atom. The fourth-order valence-corrected chi connectivity index (χ4v) is 1.56. The standard InChI is InChI=1S/C6H12OS/c7-3-4-8-5-6-1-2-6/h6-7H,1-5H2. The van der Waals surface area contributed by atoms with Gasteiger partial charge in [-0.15, -0.1) is 0 Å². The predicted octanol–water partition coefficient (Wildman–Crippen LogP) is 1.12. The van der Waals surface area contributed by atoms with Crippen molar-refractivity contribution in [1.29, 1.82) is 0 Å². The lowest BCUT2D eigenvalue weighted by atomic mass is 10.5. The van der Waals surface area contributed by atoms with Crippen LogP contribution in [0.5, 0.6) is 0 Å². The van der Waals surface area contributed by atoms with Gasteiger partial charge in [-0.2, -0.15) is 11.8 Å². The van der Waals surface area contributed by atoms with Crippen LogP contribution in [0.4, 0.5) is 0 Å². The average molecular weight is 132 g/mol. The summed E-state index contributed by atoms with van der Waals surface area (Å²) >= 11 is 1.87. The first-order valence-electron chi connectivity index (χ1n) is 3.12. The van der Waals surface area contributed by atoms with Gasteiger partial charge in [0.05, 0.1) is 6.61 Å². The summed E-state index contributed by atoms with van der Waals surface area (Å²) in [6.45, 7) is 0.345. The highest BCUT2D eigenvalue weighted by Gasteiger charge is 2.20. The first-order chi connectivity index (χ1) is 3.93. The lowest BCUT2D eigenvalue weighted by Gasteiger charge is -1.92. The van der Waals surface area contributed by atoms with Crippen molar-refractivity contribution in [2.24, 2.45) is 5.92 Å². The molecule has 1 nitrogen and oxygen atoms in total. The number of rotatable bonds is 4. The lowest BCUT2D eigenvalue weighted by Crippen LogP contribution is -1.88. The summed E-state index contributed by atoms with van der Waals surface area (Å²) in [5, 5.41) is 8.38. The van der Waals surface area contributed by atoms with Crippen LogP contribution in [0.1, 0.15) is 12.8 Å². The largest absolute Gasteiger partial charge is 0.396 e. The number of hydrogen-bond acceptors (Lipinski definition) is 2. The summed E-state index contributed by atoms with van der Waals surface area (Å²) in [5.41, 5.74) is 0. The minimum atomic E-state index is 0.345. The van der Waals surface area contributed by atoms with E-state index >= 15 is 0 Å². The highest BCUT2D eigenvalue weighted by Crippen LogP contribution is 2.31. The summed E-state index contributed by atoms with van der Waals surface area (Å²) in [6.07, 6.45) is 2.86. The molecular formula is C6H12OS. The highest BCUT2D eigenvalue weighted by atomic mass is 32.2. The minimum absolute atomic E-state index is 0.345. The molecule has 2 heteroatoms. The third-order valence-corrected chi connectivity index (χ3v) is 2.46. The van der Waals surface area contributed by atoms with Gasteiger partial charge in [0.2, 0.25) is 0 Å². The molecule has 0 radical (unpaired) electrons. The van der Waals surface area contributed by atoms with E-state index in [1.165, 1.54) is 18.6 Å². The number of hydrogen-bond donors (Lipinski definition) is 1. The molecule has 0 unspecified atom stereocenters. The Labute approximate surface area is 54.5 Å². The summed E-state index contributed by atoms with van der Waals surface area (Å²) in [7, 11) is 0. The maximum Gasteiger partial charge on any atom is 0.0521 e. The van der Waals surface area contributed by atoms with E-state index in [9.17, 15) is 0 Å². The zero-order valence-corrected chi connectivity index (χ0v) is 5.78. The van der Waals surface area contributed by atoms with E-state index in [1.54, 1.807) is 0 Å². The molecule has 0 aliphatic heterocycles. The lowest BCUT2D eigenvalue weighted by molar-refractivity contribution is 0.322. The topological polar surface area (TPSA) is 20.2 Å². The molecule has 0 spiro atoms. The molecule has 0 saturated heterocycles. The Kier molecular flexibility index (Phi) is 2.70. The maximum atomic E-state index is 8.38. The van der Waals surface area contributed by atoms with Crippen LogP contribution in [0.2, 0.25) is 0 Å². The third kappa shape index (κ3) is 2.58. The van der Waals surface area contributed by atoms with Crippen LogP contribution in [0, 0.1) is 5.92 Å². The van der Waals surface area contributed by atoms with Crippen LogP contribution in [-0.4, -0.2) is 23.2 Å². The Balaban J connectivity index is 1.74. The van der Waals surface area contributed by atoms with Crippen molar-refractivity contribution >= 4 is 11.8 Å². The van der Waals surface area contributed by atoms with Gasteiger partial charge in [0.25, 0.3) is 0 Å². The molecule has 1 fully saturated rings. The van der Waals surface area contributed by atoms with Crippen LogP contribution >= 0.6 is 11.8 Å². The van der Waals surface area contributed by atoms with Crippen LogP contribution in [0.3, 0.4) is 0 Å². The van der Waals surface area contributed by atoms with Crippen molar-refractivity contribution < 1.29 is 5.11 Å². The van der Waals surface area contributed by atoms with Crippen LogP contribution in [-0.2, 0) is 0 Å². The zero-order valence-electron chi connectivity index (χ0n) is 4.97. The van der Waals surface area contributed by atoms with Crippen molar-refractivity contribution in [2.75, 3.05) is 18.1 Å². The van der Waals surface area contributed by atoms with E-state index in [1.807, 2.05) is 11.8 Å². The molecule has 0 atom stereocenters. The van der Waals surface area contributed by atoms with Crippen molar-refractivity contribution in [3.63, 3.8) is 0 Å². The molecule has 1 rings (SSSR count). The van der Waals surface area contributed by atoms with Gasteiger partial charge >= 0.3 is 0 Å². The van der Waals surface area contributed by atoms with Gasteiger partial charge in [-0.25, -0.2) is 0 Å². The Morgan fingerprint density at radius 1 is 1.50 bits per heavy atom. The zero-order chi connectivity index (χ0) is 5.82. The number of aliphatic hydroxyl groups excluding tert-OH is 1. The fraction of sp³-hybridized carbons (Fsp3) is 1.00. The monoisotopic (exact) mass is 132 g/mol. The molecule has 0 amide bonds. The summed E-state index contributed by atoms with van der Waals surface area (Å²) < 4.78 is 0. The third-order valence-electron chi connectivity index (χ3n) is 1.29. The Bertz CT molecular complexity index is 61.5. The van der Waals surface area contributed by atoms with E-state index in [2.05, 4.69) is 0 Å². The molecule has 0 aromatic carbocycles. The van der Waals surface area contributed by atoms with E-state index in [4.69, 9.17) is 5.11 Å². The molecule has 0 aromatic heterocycles. The molecule has 0 bridgehead atoms. The average Bonchev–Trinajstić information content (AvgIpc) is 2.51. The van der Waals surface area contributed by atoms with Crippen molar-refractivity contribution in [1.82, 2.24) is 0 Å².